The third kappa shape index (κ3) is 7.52. The van der Waals surface area contributed by atoms with E-state index >= 15 is 0 Å². The van der Waals surface area contributed by atoms with Gasteiger partial charge < -0.3 is 4.57 Å². The summed E-state index contributed by atoms with van der Waals surface area (Å²) in [5, 5.41) is 2.60. The smallest absolute Gasteiger partial charge is 0.192 e. The number of nitrogens with zero attached hydrogens (tertiary/aromatic N) is 1. The minimum Gasteiger partial charge on any atom is -0.309 e. The monoisotopic (exact) mass is 774 g/mol. The molecule has 0 spiro atoms. The Hall–Kier alpha value is -6.38. The molecule has 0 N–H and O–H groups in total. The fourth-order valence-electron chi connectivity index (χ4n) is 9.67. The van der Waals surface area contributed by atoms with E-state index in [9.17, 15) is 0 Å². The lowest BCUT2D eigenvalue weighted by Gasteiger charge is -2.21. The van der Waals surface area contributed by atoms with Crippen LogP contribution in [0.3, 0.4) is 0 Å². The molecule has 0 bridgehead atoms. The second kappa shape index (κ2) is 16.7. The van der Waals surface area contributed by atoms with Crippen LogP contribution in [0.15, 0.2) is 176 Å². The molecule has 0 aliphatic heterocycles. The largest absolute Gasteiger partial charge is 0.309 e. The molecule has 9 rings (SSSR count). The van der Waals surface area contributed by atoms with Gasteiger partial charge in [0.1, 0.15) is 0 Å². The first-order valence-corrected chi connectivity index (χ1v) is 21.7. The van der Waals surface area contributed by atoms with Crippen molar-refractivity contribution in [3.8, 4) is 39.1 Å². The van der Waals surface area contributed by atoms with Gasteiger partial charge in [-0.15, -0.1) is 0 Å². The minimum absolute atomic E-state index is 0.446. The summed E-state index contributed by atoms with van der Waals surface area (Å²) in [5.41, 5.74) is 22.0. The van der Waals surface area contributed by atoms with Crippen molar-refractivity contribution in [3.05, 3.63) is 209 Å². The average Bonchev–Trinajstić information content (AvgIpc) is 3.63. The molecule has 1 heterocycles. The van der Waals surface area contributed by atoms with Crippen LogP contribution in [0.1, 0.15) is 71.9 Å². The second-order valence-electron chi connectivity index (χ2n) is 16.9. The van der Waals surface area contributed by atoms with Gasteiger partial charge in [-0.05, 0) is 121 Å². The van der Waals surface area contributed by atoms with Crippen molar-refractivity contribution in [2.24, 2.45) is 0 Å². The second-order valence-corrected chi connectivity index (χ2v) is 16.9. The third-order valence-corrected chi connectivity index (χ3v) is 12.9. The van der Waals surface area contributed by atoms with Crippen molar-refractivity contribution >= 4 is 40.0 Å². The van der Waals surface area contributed by atoms with Gasteiger partial charge in [0.05, 0.1) is 11.0 Å². The highest BCUT2D eigenvalue weighted by Crippen LogP contribution is 2.40. The predicted molar refractivity (Wildman–Crippen MR) is 260 cm³/mol. The van der Waals surface area contributed by atoms with Crippen LogP contribution in [0.2, 0.25) is 0 Å². The van der Waals surface area contributed by atoms with Gasteiger partial charge >= 0.3 is 0 Å². The van der Waals surface area contributed by atoms with Crippen LogP contribution in [0.25, 0.3) is 60.9 Å². The maximum absolute atomic E-state index is 2.40. The number of fused-ring (bicyclic) bond motifs is 3. The number of aryl methyl sites for hydroxylation is 4. The zero-order valence-corrected chi connectivity index (χ0v) is 35.8. The Morgan fingerprint density at radius 1 is 0.467 bits per heavy atom. The Morgan fingerprint density at radius 3 is 1.57 bits per heavy atom. The van der Waals surface area contributed by atoms with Gasteiger partial charge in [0, 0.05) is 16.5 Å². The van der Waals surface area contributed by atoms with Crippen LogP contribution in [-0.4, -0.2) is 11.8 Å². The number of aromatic nitrogens is 1. The van der Waals surface area contributed by atoms with Crippen molar-refractivity contribution in [2.75, 3.05) is 0 Å². The van der Waals surface area contributed by atoms with Crippen LogP contribution in [0.5, 0.6) is 0 Å². The molecule has 60 heavy (non-hydrogen) atoms. The van der Waals surface area contributed by atoms with E-state index in [0.29, 0.717) is 11.8 Å². The first kappa shape index (κ1) is 39.1. The van der Waals surface area contributed by atoms with Crippen LogP contribution >= 0.6 is 0 Å². The topological polar surface area (TPSA) is 4.93 Å². The summed E-state index contributed by atoms with van der Waals surface area (Å²) in [5.74, 6) is 0.933. The molecule has 1 radical (unpaired) electrons. The van der Waals surface area contributed by atoms with Crippen molar-refractivity contribution in [1.82, 2.24) is 4.57 Å². The summed E-state index contributed by atoms with van der Waals surface area (Å²) in [4.78, 5) is 0. The maximum Gasteiger partial charge on any atom is 0.192 e. The van der Waals surface area contributed by atoms with E-state index in [1.807, 2.05) is 0 Å². The number of para-hydroxylation sites is 2. The Kier molecular flexibility index (Phi) is 10.9. The summed E-state index contributed by atoms with van der Waals surface area (Å²) < 4.78 is 2.40. The summed E-state index contributed by atoms with van der Waals surface area (Å²) in [6.07, 6.45) is 2.23. The molecule has 0 aliphatic rings. The van der Waals surface area contributed by atoms with Crippen LogP contribution in [-0.2, 0) is 0 Å². The van der Waals surface area contributed by atoms with Crippen LogP contribution in [0.4, 0.5) is 0 Å². The molecule has 0 fully saturated rings. The maximum atomic E-state index is 2.40. The van der Waals surface area contributed by atoms with Crippen LogP contribution < -0.4 is 10.9 Å². The molecule has 2 unspecified atom stereocenters. The van der Waals surface area contributed by atoms with Gasteiger partial charge in [-0.25, -0.2) is 0 Å². The molecule has 8 aromatic carbocycles. The molecule has 0 aliphatic carbocycles. The van der Waals surface area contributed by atoms with Crippen molar-refractivity contribution in [1.29, 1.82) is 0 Å². The number of rotatable bonds is 11. The van der Waals surface area contributed by atoms with E-state index in [0.717, 1.165) is 12.8 Å². The highest BCUT2D eigenvalue weighted by Gasteiger charge is 2.19. The molecule has 0 amide bonds. The number of benzene rings is 8. The van der Waals surface area contributed by atoms with Gasteiger partial charge in [0.25, 0.3) is 0 Å². The summed E-state index contributed by atoms with van der Waals surface area (Å²) >= 11 is 0. The van der Waals surface area contributed by atoms with E-state index in [-0.39, 0.29) is 0 Å². The molecule has 1 nitrogen and oxygen atoms in total. The zero-order valence-electron chi connectivity index (χ0n) is 35.8. The Labute approximate surface area is 357 Å². The van der Waals surface area contributed by atoms with Crippen molar-refractivity contribution in [3.63, 3.8) is 0 Å². The Bertz CT molecular complexity index is 2890. The standard InChI is InChI=1S/C58H53BN/c1-7-43(46-29-31-48(32-30-46)52-22-16-24-55-56(52)53-21-14-15-23-54(53)60(55)51-19-12-9-13-20-51)33-38(2)44-25-27-47(28-26-44)50-36-41(5)58(42(6)37-50)59-57-39(3)34-49(35-40(57)4)45-17-10-8-11-18-45/h8-32,34-38,43H,7,33H2,1-6H3. The lowest BCUT2D eigenvalue weighted by molar-refractivity contribution is 0.544. The van der Waals surface area contributed by atoms with E-state index < -0.39 is 0 Å². The molecule has 0 saturated heterocycles. The van der Waals surface area contributed by atoms with E-state index in [1.54, 1.807) is 0 Å². The summed E-state index contributed by atoms with van der Waals surface area (Å²) in [6.45, 7) is 13.7. The van der Waals surface area contributed by atoms with E-state index in [4.69, 9.17) is 0 Å². The normalized spacial score (nSPS) is 12.5. The first-order chi connectivity index (χ1) is 29.3. The highest BCUT2D eigenvalue weighted by molar-refractivity contribution is 6.69. The van der Waals surface area contributed by atoms with Gasteiger partial charge in [-0.2, -0.15) is 0 Å². The van der Waals surface area contributed by atoms with Crippen LogP contribution in [0, 0.1) is 27.7 Å². The average molecular weight is 775 g/mol. The Morgan fingerprint density at radius 2 is 0.967 bits per heavy atom. The van der Waals surface area contributed by atoms with E-state index in [1.165, 1.54) is 105 Å². The fraction of sp³-hybridized carbons (Fsp3) is 0.172. The minimum atomic E-state index is 0.446. The molecule has 9 aromatic rings. The highest BCUT2D eigenvalue weighted by atomic mass is 15.0. The fourth-order valence-corrected chi connectivity index (χ4v) is 9.67. The molecular formula is C58H53BN. The molecule has 2 atom stereocenters. The SMILES string of the molecule is CCC(CC(C)c1ccc(-c2cc(C)c([B]c3c(C)cc(-c4ccccc4)cc3C)c(C)c2)cc1)c1ccc(-c2cccc3c2c2ccccc2n3-c2ccccc2)cc1. The quantitative estimate of drug-likeness (QED) is 0.115. The lowest BCUT2D eigenvalue weighted by Crippen LogP contribution is -2.34. The number of hydrogen-bond donors (Lipinski definition) is 0. The predicted octanol–water partition coefficient (Wildman–Crippen LogP) is 14.4. The van der Waals surface area contributed by atoms with E-state index in [2.05, 4.69) is 229 Å². The van der Waals surface area contributed by atoms with Crippen molar-refractivity contribution in [2.45, 2.75) is 66.2 Å². The van der Waals surface area contributed by atoms with Gasteiger partial charge in [0.2, 0.25) is 0 Å². The lowest BCUT2D eigenvalue weighted by atomic mass is 9.58. The zero-order chi connectivity index (χ0) is 41.3. The summed E-state index contributed by atoms with van der Waals surface area (Å²) in [7, 11) is 2.39. The van der Waals surface area contributed by atoms with Gasteiger partial charge in [-0.3, -0.25) is 0 Å². The molecule has 293 valence electrons. The first-order valence-electron chi connectivity index (χ1n) is 21.7. The van der Waals surface area contributed by atoms with Gasteiger partial charge in [0.15, 0.2) is 7.28 Å². The van der Waals surface area contributed by atoms with Crippen molar-refractivity contribution < 1.29 is 0 Å². The third-order valence-electron chi connectivity index (χ3n) is 12.9. The summed E-state index contributed by atoms with van der Waals surface area (Å²) in [6, 6.07) is 65.1. The number of hydrogen-bond acceptors (Lipinski definition) is 0. The molecule has 2 heteroatoms. The molecular weight excluding hydrogens is 721 g/mol. The van der Waals surface area contributed by atoms with Gasteiger partial charge in [-0.1, -0.05) is 199 Å². The molecule has 0 saturated carbocycles. The molecule has 1 aromatic heterocycles. The Balaban J connectivity index is 0.908.